The van der Waals surface area contributed by atoms with E-state index in [1.807, 2.05) is 0 Å². The van der Waals surface area contributed by atoms with Crippen molar-refractivity contribution in [2.45, 2.75) is 26.4 Å². The second-order valence-electron chi connectivity index (χ2n) is 3.20. The highest BCUT2D eigenvalue weighted by molar-refractivity contribution is 6.28. The van der Waals surface area contributed by atoms with E-state index in [0.717, 1.165) is 0 Å². The van der Waals surface area contributed by atoms with Gasteiger partial charge in [0, 0.05) is 17.5 Å². The summed E-state index contributed by atoms with van der Waals surface area (Å²) in [6, 6.07) is 0. The van der Waals surface area contributed by atoms with Crippen LogP contribution in [0.3, 0.4) is 0 Å². The van der Waals surface area contributed by atoms with E-state index in [-0.39, 0.29) is 5.28 Å². The second kappa shape index (κ2) is 2.99. The largest absolute Gasteiger partial charge is 0.386 e. The smallest absolute Gasteiger partial charge is 0.222 e. The van der Waals surface area contributed by atoms with E-state index in [0.29, 0.717) is 11.3 Å². The summed E-state index contributed by atoms with van der Waals surface area (Å²) in [5.74, 6) is 0. The van der Waals surface area contributed by atoms with Crippen LogP contribution in [0, 0.1) is 6.92 Å². The van der Waals surface area contributed by atoms with Crippen LogP contribution in [0.4, 0.5) is 0 Å². The fourth-order valence-electron chi connectivity index (χ4n) is 1.04. The Hall–Kier alpha value is -0.670. The standard InChI is InChI=1S/C8H11ClN2O/c1-5-6(8(2,3)12)4-10-7(9)11-5/h4,12H,1-3H3. The molecule has 0 saturated heterocycles. The molecule has 0 aromatic carbocycles. The van der Waals surface area contributed by atoms with Gasteiger partial charge in [-0.1, -0.05) is 0 Å². The summed E-state index contributed by atoms with van der Waals surface area (Å²) < 4.78 is 0. The molecule has 0 radical (unpaired) electrons. The van der Waals surface area contributed by atoms with E-state index in [1.165, 1.54) is 0 Å². The maximum absolute atomic E-state index is 9.64. The van der Waals surface area contributed by atoms with Gasteiger partial charge in [-0.25, -0.2) is 9.97 Å². The molecule has 1 heterocycles. The average molecular weight is 187 g/mol. The molecular formula is C8H11ClN2O. The number of nitrogens with zero attached hydrogens (tertiary/aromatic N) is 2. The Labute approximate surface area is 76.4 Å². The van der Waals surface area contributed by atoms with Gasteiger partial charge in [-0.3, -0.25) is 0 Å². The van der Waals surface area contributed by atoms with Crippen LogP contribution in [0.15, 0.2) is 6.20 Å². The Morgan fingerprint density at radius 1 is 1.50 bits per heavy atom. The maximum atomic E-state index is 9.64. The fraction of sp³-hybridized carbons (Fsp3) is 0.500. The van der Waals surface area contributed by atoms with Crippen molar-refractivity contribution in [3.8, 4) is 0 Å². The number of aryl methyl sites for hydroxylation is 1. The molecule has 0 aliphatic rings. The molecule has 66 valence electrons. The van der Waals surface area contributed by atoms with Gasteiger partial charge >= 0.3 is 0 Å². The first kappa shape index (κ1) is 9.42. The molecule has 0 spiro atoms. The summed E-state index contributed by atoms with van der Waals surface area (Å²) in [4.78, 5) is 7.74. The zero-order chi connectivity index (χ0) is 9.35. The molecule has 1 aromatic heterocycles. The first-order chi connectivity index (χ1) is 5.41. The van der Waals surface area contributed by atoms with Gasteiger partial charge in [0.2, 0.25) is 5.28 Å². The molecule has 0 fully saturated rings. The number of hydrogen-bond acceptors (Lipinski definition) is 3. The van der Waals surface area contributed by atoms with Crippen molar-refractivity contribution in [2.75, 3.05) is 0 Å². The first-order valence-electron chi connectivity index (χ1n) is 3.63. The monoisotopic (exact) mass is 186 g/mol. The van der Waals surface area contributed by atoms with Gasteiger partial charge in [0.1, 0.15) is 0 Å². The summed E-state index contributed by atoms with van der Waals surface area (Å²) in [7, 11) is 0. The van der Waals surface area contributed by atoms with Crippen molar-refractivity contribution < 1.29 is 5.11 Å². The summed E-state index contributed by atoms with van der Waals surface area (Å²) in [6.07, 6.45) is 1.55. The lowest BCUT2D eigenvalue weighted by Gasteiger charge is -2.18. The van der Waals surface area contributed by atoms with Crippen LogP contribution in [0.25, 0.3) is 0 Å². The summed E-state index contributed by atoms with van der Waals surface area (Å²) in [5, 5.41) is 9.85. The molecule has 1 rings (SSSR count). The van der Waals surface area contributed by atoms with Crippen LogP contribution >= 0.6 is 11.6 Å². The minimum absolute atomic E-state index is 0.209. The third kappa shape index (κ3) is 1.93. The van der Waals surface area contributed by atoms with Crippen molar-refractivity contribution in [3.05, 3.63) is 22.7 Å². The molecule has 0 saturated carbocycles. The Bertz CT molecular complexity index is 294. The topological polar surface area (TPSA) is 46.0 Å². The van der Waals surface area contributed by atoms with Crippen molar-refractivity contribution >= 4 is 11.6 Å². The molecule has 1 N–H and O–H groups in total. The maximum Gasteiger partial charge on any atom is 0.222 e. The lowest BCUT2D eigenvalue weighted by Crippen LogP contribution is -2.18. The number of rotatable bonds is 1. The average Bonchev–Trinajstić information content (AvgIpc) is 1.83. The highest BCUT2D eigenvalue weighted by Crippen LogP contribution is 2.21. The van der Waals surface area contributed by atoms with E-state index < -0.39 is 5.60 Å². The number of aromatic nitrogens is 2. The van der Waals surface area contributed by atoms with Gasteiger partial charge in [0.15, 0.2) is 0 Å². The van der Waals surface area contributed by atoms with Crippen LogP contribution in [-0.2, 0) is 5.60 Å². The predicted octanol–water partition coefficient (Wildman–Crippen LogP) is 1.67. The molecule has 0 unspecified atom stereocenters. The molecule has 3 nitrogen and oxygen atoms in total. The van der Waals surface area contributed by atoms with Gasteiger partial charge in [0.25, 0.3) is 0 Å². The second-order valence-corrected chi connectivity index (χ2v) is 3.54. The number of hydrogen-bond donors (Lipinski definition) is 1. The highest BCUT2D eigenvalue weighted by Gasteiger charge is 2.19. The van der Waals surface area contributed by atoms with Crippen molar-refractivity contribution in [2.24, 2.45) is 0 Å². The van der Waals surface area contributed by atoms with Crippen molar-refractivity contribution in [1.29, 1.82) is 0 Å². The Kier molecular flexibility index (Phi) is 2.35. The van der Waals surface area contributed by atoms with Gasteiger partial charge < -0.3 is 5.11 Å². The van der Waals surface area contributed by atoms with E-state index >= 15 is 0 Å². The number of aliphatic hydroxyl groups is 1. The SMILES string of the molecule is Cc1nc(Cl)ncc1C(C)(C)O. The molecule has 0 aliphatic heterocycles. The Balaban J connectivity index is 3.19. The highest BCUT2D eigenvalue weighted by atomic mass is 35.5. The van der Waals surface area contributed by atoms with Gasteiger partial charge in [0.05, 0.1) is 5.60 Å². The first-order valence-corrected chi connectivity index (χ1v) is 4.01. The minimum Gasteiger partial charge on any atom is -0.386 e. The lowest BCUT2D eigenvalue weighted by molar-refractivity contribution is 0.0770. The lowest BCUT2D eigenvalue weighted by atomic mass is 9.99. The summed E-state index contributed by atoms with van der Waals surface area (Å²) >= 11 is 5.56. The van der Waals surface area contributed by atoms with E-state index in [4.69, 9.17) is 11.6 Å². The van der Waals surface area contributed by atoms with E-state index in [9.17, 15) is 5.11 Å². The van der Waals surface area contributed by atoms with E-state index in [1.54, 1.807) is 27.0 Å². The summed E-state index contributed by atoms with van der Waals surface area (Å²) in [5.41, 5.74) is 0.503. The fourth-order valence-corrected chi connectivity index (χ4v) is 1.21. The zero-order valence-corrected chi connectivity index (χ0v) is 8.05. The third-order valence-electron chi connectivity index (χ3n) is 1.61. The van der Waals surface area contributed by atoms with Gasteiger partial charge in [-0.15, -0.1) is 0 Å². The molecule has 12 heavy (non-hydrogen) atoms. The van der Waals surface area contributed by atoms with Crippen LogP contribution in [0.5, 0.6) is 0 Å². The van der Waals surface area contributed by atoms with Crippen molar-refractivity contribution in [1.82, 2.24) is 9.97 Å². The Morgan fingerprint density at radius 2 is 2.08 bits per heavy atom. The third-order valence-corrected chi connectivity index (χ3v) is 1.79. The molecular weight excluding hydrogens is 176 g/mol. The van der Waals surface area contributed by atoms with Gasteiger partial charge in [-0.05, 0) is 32.4 Å². The Morgan fingerprint density at radius 3 is 2.50 bits per heavy atom. The molecule has 0 atom stereocenters. The normalized spacial score (nSPS) is 11.8. The number of halogens is 1. The van der Waals surface area contributed by atoms with Crippen LogP contribution < -0.4 is 0 Å². The zero-order valence-electron chi connectivity index (χ0n) is 7.30. The van der Waals surface area contributed by atoms with E-state index in [2.05, 4.69) is 9.97 Å². The van der Waals surface area contributed by atoms with Crippen LogP contribution in [0.1, 0.15) is 25.1 Å². The predicted molar refractivity (Wildman–Crippen MR) is 47.0 cm³/mol. The molecule has 0 bridgehead atoms. The van der Waals surface area contributed by atoms with Crippen LogP contribution in [0.2, 0.25) is 5.28 Å². The molecule has 0 amide bonds. The molecule has 0 aliphatic carbocycles. The van der Waals surface area contributed by atoms with Gasteiger partial charge in [-0.2, -0.15) is 0 Å². The quantitative estimate of drug-likeness (QED) is 0.679. The van der Waals surface area contributed by atoms with Crippen LogP contribution in [-0.4, -0.2) is 15.1 Å². The molecule has 4 heteroatoms. The summed E-state index contributed by atoms with van der Waals surface area (Å²) in [6.45, 7) is 5.17. The van der Waals surface area contributed by atoms with Crippen molar-refractivity contribution in [3.63, 3.8) is 0 Å². The minimum atomic E-state index is -0.908. The molecule has 1 aromatic rings.